The summed E-state index contributed by atoms with van der Waals surface area (Å²) < 4.78 is 0. The van der Waals surface area contributed by atoms with Gasteiger partial charge in [0.1, 0.15) is 0 Å². The Hall–Kier alpha value is -1.59. The monoisotopic (exact) mass is 313 g/mol. The standard InChI is InChI=1S/C15H23N3O2.ClH/c1-11(2)17-14(19)10-18(3)15(20)13(16)9-12-7-5-4-6-8-12;/h4-8,11,13H,9-10,16H2,1-3H3,(H,17,19);1H. The van der Waals surface area contributed by atoms with Gasteiger partial charge in [-0.3, -0.25) is 9.59 Å². The van der Waals surface area contributed by atoms with Crippen LogP contribution in [0.1, 0.15) is 19.4 Å². The number of nitrogens with one attached hydrogen (secondary N) is 1. The fraction of sp³-hybridized carbons (Fsp3) is 0.467. The molecular weight excluding hydrogens is 290 g/mol. The molecule has 1 rings (SSSR count). The van der Waals surface area contributed by atoms with Crippen molar-refractivity contribution in [1.82, 2.24) is 10.2 Å². The number of likely N-dealkylation sites (N-methyl/N-ethyl adjacent to an activating group) is 1. The molecule has 0 radical (unpaired) electrons. The van der Waals surface area contributed by atoms with Gasteiger partial charge in [-0.25, -0.2) is 0 Å². The Kier molecular flexibility index (Phi) is 8.66. The van der Waals surface area contributed by atoms with Gasteiger partial charge in [-0.05, 0) is 25.8 Å². The average molecular weight is 314 g/mol. The van der Waals surface area contributed by atoms with Gasteiger partial charge in [0, 0.05) is 13.1 Å². The molecule has 0 fully saturated rings. The lowest BCUT2D eigenvalue weighted by molar-refractivity contribution is -0.135. The van der Waals surface area contributed by atoms with E-state index in [1.54, 1.807) is 7.05 Å². The van der Waals surface area contributed by atoms with Crippen LogP contribution < -0.4 is 11.1 Å². The van der Waals surface area contributed by atoms with Gasteiger partial charge in [0.05, 0.1) is 12.6 Å². The number of amides is 2. The first-order valence-electron chi connectivity index (χ1n) is 6.74. The van der Waals surface area contributed by atoms with Gasteiger partial charge in [-0.1, -0.05) is 30.3 Å². The third-order valence-corrected chi connectivity index (χ3v) is 2.82. The average Bonchev–Trinajstić information content (AvgIpc) is 2.37. The zero-order valence-electron chi connectivity index (χ0n) is 12.7. The quantitative estimate of drug-likeness (QED) is 0.821. The summed E-state index contributed by atoms with van der Waals surface area (Å²) in [5.74, 6) is -0.407. The molecule has 21 heavy (non-hydrogen) atoms. The second-order valence-electron chi connectivity index (χ2n) is 5.21. The Balaban J connectivity index is 0.00000400. The number of nitrogens with zero attached hydrogens (tertiary/aromatic N) is 1. The topological polar surface area (TPSA) is 75.4 Å². The summed E-state index contributed by atoms with van der Waals surface area (Å²) in [5, 5.41) is 2.74. The van der Waals surface area contributed by atoms with Crippen LogP contribution in [0.4, 0.5) is 0 Å². The van der Waals surface area contributed by atoms with Crippen LogP contribution in [-0.2, 0) is 16.0 Å². The molecule has 0 aliphatic rings. The maximum absolute atomic E-state index is 12.1. The van der Waals surface area contributed by atoms with E-state index in [0.29, 0.717) is 6.42 Å². The van der Waals surface area contributed by atoms with Crippen molar-refractivity contribution < 1.29 is 9.59 Å². The Morgan fingerprint density at radius 3 is 2.33 bits per heavy atom. The van der Waals surface area contributed by atoms with Crippen molar-refractivity contribution >= 4 is 24.2 Å². The Labute approximate surface area is 132 Å². The highest BCUT2D eigenvalue weighted by Crippen LogP contribution is 2.03. The largest absolute Gasteiger partial charge is 0.352 e. The molecular formula is C15H24ClN3O2. The van der Waals surface area contributed by atoms with E-state index < -0.39 is 6.04 Å². The number of benzene rings is 1. The predicted molar refractivity (Wildman–Crippen MR) is 86.3 cm³/mol. The molecule has 0 saturated heterocycles. The molecule has 1 unspecified atom stereocenters. The van der Waals surface area contributed by atoms with Crippen LogP contribution in [0.5, 0.6) is 0 Å². The van der Waals surface area contributed by atoms with Crippen LogP contribution >= 0.6 is 12.4 Å². The number of hydrogen-bond donors (Lipinski definition) is 2. The van der Waals surface area contributed by atoms with Gasteiger partial charge >= 0.3 is 0 Å². The highest BCUT2D eigenvalue weighted by Gasteiger charge is 2.20. The maximum Gasteiger partial charge on any atom is 0.240 e. The number of rotatable bonds is 6. The van der Waals surface area contributed by atoms with Crippen LogP contribution in [-0.4, -0.2) is 42.4 Å². The minimum absolute atomic E-state index is 0. The van der Waals surface area contributed by atoms with Crippen LogP contribution in [0.25, 0.3) is 0 Å². The molecule has 0 aliphatic carbocycles. The summed E-state index contributed by atoms with van der Waals surface area (Å²) >= 11 is 0. The summed E-state index contributed by atoms with van der Waals surface area (Å²) in [6.07, 6.45) is 0.468. The summed E-state index contributed by atoms with van der Waals surface area (Å²) in [7, 11) is 1.59. The minimum Gasteiger partial charge on any atom is -0.352 e. The maximum atomic E-state index is 12.1. The zero-order valence-corrected chi connectivity index (χ0v) is 13.5. The van der Waals surface area contributed by atoms with Crippen molar-refractivity contribution in [1.29, 1.82) is 0 Å². The number of nitrogens with two attached hydrogens (primary N) is 1. The molecule has 0 aromatic heterocycles. The van der Waals surface area contributed by atoms with Crippen molar-refractivity contribution in [3.8, 4) is 0 Å². The molecule has 1 atom stereocenters. The van der Waals surface area contributed by atoms with Crippen molar-refractivity contribution in [2.24, 2.45) is 5.73 Å². The molecule has 5 nitrogen and oxygen atoms in total. The molecule has 6 heteroatoms. The van der Waals surface area contributed by atoms with Gasteiger partial charge in [0.2, 0.25) is 11.8 Å². The van der Waals surface area contributed by atoms with E-state index in [1.807, 2.05) is 44.2 Å². The SMILES string of the molecule is CC(C)NC(=O)CN(C)C(=O)C(N)Cc1ccccc1.Cl. The lowest BCUT2D eigenvalue weighted by atomic mass is 10.1. The van der Waals surface area contributed by atoms with E-state index in [2.05, 4.69) is 5.32 Å². The van der Waals surface area contributed by atoms with Gasteiger partial charge < -0.3 is 16.0 Å². The summed E-state index contributed by atoms with van der Waals surface area (Å²) in [5.41, 5.74) is 6.91. The van der Waals surface area contributed by atoms with Crippen LogP contribution in [0, 0.1) is 0 Å². The summed E-state index contributed by atoms with van der Waals surface area (Å²) in [6.45, 7) is 3.78. The van der Waals surface area contributed by atoms with Crippen LogP contribution in [0.15, 0.2) is 30.3 Å². The number of halogens is 1. The fourth-order valence-electron chi connectivity index (χ4n) is 1.90. The molecule has 0 aliphatic heterocycles. The van der Waals surface area contributed by atoms with E-state index >= 15 is 0 Å². The van der Waals surface area contributed by atoms with Crippen molar-refractivity contribution in [2.75, 3.05) is 13.6 Å². The Morgan fingerprint density at radius 1 is 1.24 bits per heavy atom. The third kappa shape index (κ3) is 7.11. The number of carbonyl (C=O) groups is 2. The molecule has 2 amide bonds. The van der Waals surface area contributed by atoms with E-state index in [0.717, 1.165) is 5.56 Å². The molecule has 118 valence electrons. The Morgan fingerprint density at radius 2 is 1.81 bits per heavy atom. The lowest BCUT2D eigenvalue weighted by Crippen LogP contribution is -2.47. The van der Waals surface area contributed by atoms with Crippen molar-refractivity contribution in [2.45, 2.75) is 32.4 Å². The highest BCUT2D eigenvalue weighted by molar-refractivity contribution is 5.87. The smallest absolute Gasteiger partial charge is 0.240 e. The predicted octanol–water partition coefficient (Wildman–Crippen LogP) is 0.961. The summed E-state index contributed by atoms with van der Waals surface area (Å²) in [6, 6.07) is 9.02. The normalized spacial score (nSPS) is 11.5. The first-order chi connectivity index (χ1) is 9.40. The zero-order chi connectivity index (χ0) is 15.1. The lowest BCUT2D eigenvalue weighted by Gasteiger charge is -2.21. The minimum atomic E-state index is -0.630. The number of carbonyl (C=O) groups excluding carboxylic acids is 2. The Bertz CT molecular complexity index is 451. The molecule has 1 aromatic carbocycles. The molecule has 3 N–H and O–H groups in total. The first-order valence-corrected chi connectivity index (χ1v) is 6.74. The van der Waals surface area contributed by atoms with Crippen LogP contribution in [0.2, 0.25) is 0 Å². The van der Waals surface area contributed by atoms with E-state index in [1.165, 1.54) is 4.90 Å². The van der Waals surface area contributed by atoms with Crippen molar-refractivity contribution in [3.63, 3.8) is 0 Å². The van der Waals surface area contributed by atoms with Crippen molar-refractivity contribution in [3.05, 3.63) is 35.9 Å². The molecule has 1 aromatic rings. The fourth-order valence-corrected chi connectivity index (χ4v) is 1.90. The molecule has 0 spiro atoms. The first kappa shape index (κ1) is 19.4. The second kappa shape index (κ2) is 9.37. The summed E-state index contributed by atoms with van der Waals surface area (Å²) in [4.78, 5) is 25.1. The van der Waals surface area contributed by atoms with Gasteiger partial charge in [-0.15, -0.1) is 12.4 Å². The van der Waals surface area contributed by atoms with E-state index in [4.69, 9.17) is 5.73 Å². The third-order valence-electron chi connectivity index (χ3n) is 2.82. The number of hydrogen-bond acceptors (Lipinski definition) is 3. The second-order valence-corrected chi connectivity index (χ2v) is 5.21. The highest BCUT2D eigenvalue weighted by atomic mass is 35.5. The van der Waals surface area contributed by atoms with E-state index in [9.17, 15) is 9.59 Å². The van der Waals surface area contributed by atoms with Gasteiger partial charge in [0.25, 0.3) is 0 Å². The van der Waals surface area contributed by atoms with Gasteiger partial charge in [-0.2, -0.15) is 0 Å². The molecule has 0 bridgehead atoms. The van der Waals surface area contributed by atoms with Crippen LogP contribution in [0.3, 0.4) is 0 Å². The van der Waals surface area contributed by atoms with E-state index in [-0.39, 0.29) is 36.8 Å². The molecule has 0 saturated carbocycles. The van der Waals surface area contributed by atoms with Gasteiger partial charge in [0.15, 0.2) is 0 Å². The molecule has 0 heterocycles.